The van der Waals surface area contributed by atoms with Crippen molar-refractivity contribution in [1.29, 1.82) is 0 Å². The topological polar surface area (TPSA) is 58.4 Å². The number of nitrogens with zero attached hydrogens (tertiary/aromatic N) is 1. The van der Waals surface area contributed by atoms with Crippen molar-refractivity contribution >= 4 is 5.91 Å². The molecule has 0 aliphatic carbocycles. The van der Waals surface area contributed by atoms with Crippen molar-refractivity contribution in [2.75, 3.05) is 33.2 Å². The molecule has 3 N–H and O–H groups in total. The summed E-state index contributed by atoms with van der Waals surface area (Å²) in [5.74, 6) is 1.46. The van der Waals surface area contributed by atoms with Gasteiger partial charge in [-0.05, 0) is 31.3 Å². The zero-order valence-electron chi connectivity index (χ0n) is 9.83. The molecule has 4 nitrogen and oxygen atoms in total. The lowest BCUT2D eigenvalue weighted by Gasteiger charge is -2.36. The molecule has 2 unspecified atom stereocenters. The first-order valence-electron chi connectivity index (χ1n) is 5.80. The second-order valence-electron chi connectivity index (χ2n) is 4.49. The molecule has 0 saturated carbocycles. The van der Waals surface area contributed by atoms with E-state index in [0.717, 1.165) is 26.2 Å². The van der Waals surface area contributed by atoms with E-state index in [2.05, 4.69) is 17.1 Å². The van der Waals surface area contributed by atoms with E-state index < -0.39 is 0 Å². The number of rotatable bonds is 4. The number of carbonyl (C=O) groups excluding carboxylic acids is 1. The molecule has 1 aliphatic heterocycles. The summed E-state index contributed by atoms with van der Waals surface area (Å²) >= 11 is 0. The van der Waals surface area contributed by atoms with Gasteiger partial charge in [-0.2, -0.15) is 0 Å². The van der Waals surface area contributed by atoms with Crippen molar-refractivity contribution in [1.82, 2.24) is 10.2 Å². The Labute approximate surface area is 92.2 Å². The molecule has 15 heavy (non-hydrogen) atoms. The third-order valence-electron chi connectivity index (χ3n) is 3.40. The maximum Gasteiger partial charge on any atom is 0.221 e. The SMILES string of the molecule is CNC(=O)CCN1CCC(CN)C(C)C1. The van der Waals surface area contributed by atoms with Crippen LogP contribution in [0.4, 0.5) is 0 Å². The molecule has 1 amide bonds. The fourth-order valence-electron chi connectivity index (χ4n) is 2.22. The van der Waals surface area contributed by atoms with Crippen LogP contribution in [0.1, 0.15) is 19.8 Å². The Balaban J connectivity index is 2.25. The van der Waals surface area contributed by atoms with Crippen LogP contribution in [0.25, 0.3) is 0 Å². The van der Waals surface area contributed by atoms with Gasteiger partial charge >= 0.3 is 0 Å². The first-order valence-corrected chi connectivity index (χ1v) is 5.80. The maximum absolute atomic E-state index is 11.1. The van der Waals surface area contributed by atoms with Gasteiger partial charge in [0.05, 0.1) is 0 Å². The lowest BCUT2D eigenvalue weighted by molar-refractivity contribution is -0.121. The van der Waals surface area contributed by atoms with Gasteiger partial charge in [0, 0.05) is 26.6 Å². The molecular weight excluding hydrogens is 190 g/mol. The molecule has 1 fully saturated rings. The summed E-state index contributed by atoms with van der Waals surface area (Å²) in [7, 11) is 1.69. The van der Waals surface area contributed by atoms with Crippen LogP contribution in [0.15, 0.2) is 0 Å². The monoisotopic (exact) mass is 213 g/mol. The summed E-state index contributed by atoms with van der Waals surface area (Å²) in [6, 6.07) is 0. The van der Waals surface area contributed by atoms with Gasteiger partial charge in [-0.25, -0.2) is 0 Å². The number of nitrogens with one attached hydrogen (secondary N) is 1. The zero-order chi connectivity index (χ0) is 11.3. The fourth-order valence-corrected chi connectivity index (χ4v) is 2.22. The quantitative estimate of drug-likeness (QED) is 0.693. The van der Waals surface area contributed by atoms with Crippen LogP contribution in [0, 0.1) is 11.8 Å². The molecule has 1 aliphatic rings. The number of likely N-dealkylation sites (tertiary alicyclic amines) is 1. The Morgan fingerprint density at radius 3 is 2.87 bits per heavy atom. The number of carbonyl (C=O) groups is 1. The highest BCUT2D eigenvalue weighted by atomic mass is 16.1. The van der Waals surface area contributed by atoms with Crippen molar-refractivity contribution in [3.63, 3.8) is 0 Å². The Bertz CT molecular complexity index is 208. The molecule has 1 rings (SSSR count). The lowest BCUT2D eigenvalue weighted by Crippen LogP contribution is -2.42. The fraction of sp³-hybridized carbons (Fsp3) is 0.909. The first kappa shape index (κ1) is 12.5. The standard InChI is InChI=1S/C11H23N3O/c1-9-8-14(5-3-10(9)7-12)6-4-11(15)13-2/h9-10H,3-8,12H2,1-2H3,(H,13,15). The second kappa shape index (κ2) is 6.08. The van der Waals surface area contributed by atoms with E-state index in [1.165, 1.54) is 6.42 Å². The predicted molar refractivity (Wildman–Crippen MR) is 61.4 cm³/mol. The number of piperidine rings is 1. The summed E-state index contributed by atoms with van der Waals surface area (Å²) < 4.78 is 0. The highest BCUT2D eigenvalue weighted by Gasteiger charge is 2.24. The molecule has 0 radical (unpaired) electrons. The van der Waals surface area contributed by atoms with E-state index >= 15 is 0 Å². The second-order valence-corrected chi connectivity index (χ2v) is 4.49. The van der Waals surface area contributed by atoms with Crippen molar-refractivity contribution < 1.29 is 4.79 Å². The van der Waals surface area contributed by atoms with E-state index in [4.69, 9.17) is 5.73 Å². The summed E-state index contributed by atoms with van der Waals surface area (Å²) in [6.07, 6.45) is 1.78. The molecule has 0 aromatic carbocycles. The third kappa shape index (κ3) is 3.80. The van der Waals surface area contributed by atoms with Gasteiger partial charge in [-0.3, -0.25) is 4.79 Å². The highest BCUT2D eigenvalue weighted by molar-refractivity contribution is 5.75. The molecular formula is C11H23N3O. The van der Waals surface area contributed by atoms with Crippen molar-refractivity contribution in [2.24, 2.45) is 17.6 Å². The van der Waals surface area contributed by atoms with Crippen LogP contribution in [0.3, 0.4) is 0 Å². The van der Waals surface area contributed by atoms with Crippen LogP contribution in [-0.4, -0.2) is 44.0 Å². The molecule has 0 spiro atoms. The minimum absolute atomic E-state index is 0.128. The predicted octanol–water partition coefficient (Wildman–Crippen LogP) is 0.0392. The number of amides is 1. The van der Waals surface area contributed by atoms with Crippen LogP contribution in [0.2, 0.25) is 0 Å². The smallest absolute Gasteiger partial charge is 0.221 e. The molecule has 88 valence electrons. The van der Waals surface area contributed by atoms with Crippen LogP contribution in [-0.2, 0) is 4.79 Å². The molecule has 0 bridgehead atoms. The summed E-state index contributed by atoms with van der Waals surface area (Å²) in [4.78, 5) is 13.5. The van der Waals surface area contributed by atoms with Crippen LogP contribution < -0.4 is 11.1 Å². The van der Waals surface area contributed by atoms with E-state index in [0.29, 0.717) is 18.3 Å². The zero-order valence-corrected chi connectivity index (χ0v) is 9.83. The molecule has 4 heteroatoms. The van der Waals surface area contributed by atoms with Gasteiger partial charge in [-0.1, -0.05) is 6.92 Å². The van der Waals surface area contributed by atoms with E-state index in [-0.39, 0.29) is 5.91 Å². The van der Waals surface area contributed by atoms with Gasteiger partial charge in [0.15, 0.2) is 0 Å². The van der Waals surface area contributed by atoms with Gasteiger partial charge in [-0.15, -0.1) is 0 Å². The summed E-state index contributed by atoms with van der Waals surface area (Å²) in [5.41, 5.74) is 5.70. The Kier molecular flexibility index (Phi) is 5.05. The van der Waals surface area contributed by atoms with Crippen LogP contribution in [0.5, 0.6) is 0 Å². The number of hydrogen-bond donors (Lipinski definition) is 2. The molecule has 1 saturated heterocycles. The number of hydrogen-bond acceptors (Lipinski definition) is 3. The van der Waals surface area contributed by atoms with Gasteiger partial charge in [0.2, 0.25) is 5.91 Å². The van der Waals surface area contributed by atoms with Gasteiger partial charge in [0.25, 0.3) is 0 Å². The molecule has 2 atom stereocenters. The van der Waals surface area contributed by atoms with Gasteiger partial charge < -0.3 is 16.0 Å². The summed E-state index contributed by atoms with van der Waals surface area (Å²) in [6.45, 7) is 6.09. The Hall–Kier alpha value is -0.610. The number of nitrogens with two attached hydrogens (primary N) is 1. The van der Waals surface area contributed by atoms with Crippen LogP contribution >= 0.6 is 0 Å². The highest BCUT2D eigenvalue weighted by Crippen LogP contribution is 2.21. The minimum Gasteiger partial charge on any atom is -0.359 e. The Morgan fingerprint density at radius 1 is 1.60 bits per heavy atom. The van der Waals surface area contributed by atoms with E-state index in [9.17, 15) is 4.79 Å². The maximum atomic E-state index is 11.1. The van der Waals surface area contributed by atoms with Crippen molar-refractivity contribution in [3.8, 4) is 0 Å². The first-order chi connectivity index (χ1) is 7.17. The third-order valence-corrected chi connectivity index (χ3v) is 3.40. The molecule has 0 aromatic rings. The normalized spacial score (nSPS) is 27.7. The Morgan fingerprint density at radius 2 is 2.33 bits per heavy atom. The lowest BCUT2D eigenvalue weighted by atomic mass is 9.87. The van der Waals surface area contributed by atoms with Crippen molar-refractivity contribution in [3.05, 3.63) is 0 Å². The van der Waals surface area contributed by atoms with E-state index in [1.807, 2.05) is 0 Å². The van der Waals surface area contributed by atoms with Crippen molar-refractivity contribution in [2.45, 2.75) is 19.8 Å². The minimum atomic E-state index is 0.128. The molecule has 0 aromatic heterocycles. The molecule has 1 heterocycles. The summed E-state index contributed by atoms with van der Waals surface area (Å²) in [5, 5.41) is 2.65. The average Bonchev–Trinajstić information content (AvgIpc) is 2.26. The van der Waals surface area contributed by atoms with E-state index in [1.54, 1.807) is 7.05 Å². The van der Waals surface area contributed by atoms with Gasteiger partial charge in [0.1, 0.15) is 0 Å². The average molecular weight is 213 g/mol. The largest absolute Gasteiger partial charge is 0.359 e.